The van der Waals surface area contributed by atoms with Crippen LogP contribution in [0.15, 0.2) is 0 Å². The maximum Gasteiger partial charge on any atom is 0.472 e. The van der Waals surface area contributed by atoms with Gasteiger partial charge in [0.05, 0.1) is 26.4 Å². The summed E-state index contributed by atoms with van der Waals surface area (Å²) in [7, 11) is -9.92. The van der Waals surface area contributed by atoms with Crippen molar-refractivity contribution in [2.75, 3.05) is 39.6 Å². The fraction of sp³-hybridized carbons (Fsp3) is 0.952. The molecule has 19 heteroatoms. The van der Waals surface area contributed by atoms with E-state index in [0.29, 0.717) is 25.7 Å². The molecule has 0 aliphatic carbocycles. The Balaban J connectivity index is 5.23. The second-order valence-electron chi connectivity index (χ2n) is 30.9. The number of aliphatic hydroxyl groups excluding tert-OH is 1. The highest BCUT2D eigenvalue weighted by Gasteiger charge is 2.30. The summed E-state index contributed by atoms with van der Waals surface area (Å²) in [5.74, 6) is -0.472. The maximum absolute atomic E-state index is 13.1. The molecular weight excluding hydrogens is 1340 g/mol. The summed E-state index contributed by atoms with van der Waals surface area (Å²) < 4.78 is 68.8. The molecule has 0 spiro atoms. The molecule has 0 heterocycles. The number of carbonyl (C=O) groups excluding carboxylic acids is 4. The molecule has 0 aromatic heterocycles. The number of aliphatic hydroxyl groups is 1. The molecule has 0 aromatic carbocycles. The molecule has 17 nitrogen and oxygen atoms in total. The van der Waals surface area contributed by atoms with Crippen molar-refractivity contribution >= 4 is 39.5 Å². The molecule has 0 aliphatic heterocycles. The van der Waals surface area contributed by atoms with Crippen LogP contribution in [0.5, 0.6) is 0 Å². The van der Waals surface area contributed by atoms with Crippen LogP contribution in [0.3, 0.4) is 0 Å². The van der Waals surface area contributed by atoms with E-state index >= 15 is 0 Å². The van der Waals surface area contributed by atoms with Crippen molar-refractivity contribution in [1.82, 2.24) is 0 Å². The van der Waals surface area contributed by atoms with Crippen LogP contribution in [0.25, 0.3) is 0 Å². The first-order valence-electron chi connectivity index (χ1n) is 43.5. The monoisotopic (exact) mass is 1510 g/mol. The lowest BCUT2D eigenvalue weighted by Crippen LogP contribution is -2.30. The van der Waals surface area contributed by atoms with E-state index in [9.17, 15) is 43.2 Å². The van der Waals surface area contributed by atoms with Gasteiger partial charge >= 0.3 is 39.5 Å². The molecule has 6 atom stereocenters. The molecule has 0 fully saturated rings. The van der Waals surface area contributed by atoms with Crippen LogP contribution < -0.4 is 0 Å². The van der Waals surface area contributed by atoms with Gasteiger partial charge in [0.25, 0.3) is 0 Å². The molecule has 0 rings (SSSR count). The standard InChI is InChI=1S/C84H164O17P2/c1-7-10-12-14-16-18-20-22-31-35-42-48-54-60-66-81(86)94-72-79(100-84(89)69-63-57-51-45-37-33-29-27-25-24-26-28-30-34-41-47-53-59-65-77(6)9-3)74-98-102(90,91)96-70-78(85)71-97-103(92,93)99-75-80(73-95-82(87)67-61-55-49-43-39-38-40-46-52-58-64-76(4)5)101-83(88)68-62-56-50-44-36-32-23-21-19-17-15-13-11-8-2/h76-80,85H,7-75H2,1-6H3,(H,90,91)(H,92,93)/t77?,78-,79-,80-/m1/s1. The van der Waals surface area contributed by atoms with Gasteiger partial charge in [0.1, 0.15) is 19.3 Å². The van der Waals surface area contributed by atoms with E-state index in [2.05, 4.69) is 41.5 Å². The topological polar surface area (TPSA) is 237 Å². The molecule has 3 unspecified atom stereocenters. The third-order valence-corrected chi connectivity index (χ3v) is 22.0. The number of esters is 4. The van der Waals surface area contributed by atoms with Crippen molar-refractivity contribution in [3.8, 4) is 0 Å². The molecule has 0 saturated carbocycles. The minimum atomic E-state index is -4.96. The Morgan fingerprint density at radius 3 is 0.738 bits per heavy atom. The number of phosphoric ester groups is 2. The fourth-order valence-corrected chi connectivity index (χ4v) is 14.6. The number of hydrogen-bond donors (Lipinski definition) is 3. The number of ether oxygens (including phenoxy) is 4. The van der Waals surface area contributed by atoms with Crippen LogP contribution in [0.2, 0.25) is 0 Å². The Morgan fingerprint density at radius 1 is 0.282 bits per heavy atom. The van der Waals surface area contributed by atoms with Gasteiger partial charge in [0, 0.05) is 25.7 Å². The smallest absolute Gasteiger partial charge is 0.462 e. The van der Waals surface area contributed by atoms with E-state index in [0.717, 1.165) is 102 Å². The van der Waals surface area contributed by atoms with Crippen molar-refractivity contribution in [3.63, 3.8) is 0 Å². The SMILES string of the molecule is CCCCCCCCCCCCCCCCC(=O)OC[C@H](COP(=O)(O)OC[C@@H](O)COP(=O)(O)OC[C@@H](COC(=O)CCCCCCCCCCCCC(C)C)OC(=O)CCCCCCCCCCCCCCCC)OC(=O)CCCCCCCCCCCCCCCCCCCCC(C)CC. The predicted octanol–water partition coefficient (Wildman–Crippen LogP) is 25.5. The molecule has 0 amide bonds. The quantitative estimate of drug-likeness (QED) is 0.0222. The average Bonchev–Trinajstić information content (AvgIpc) is 0.958. The zero-order chi connectivity index (χ0) is 75.6. The van der Waals surface area contributed by atoms with Gasteiger partial charge in [0.15, 0.2) is 12.2 Å². The van der Waals surface area contributed by atoms with Crippen molar-refractivity contribution in [1.29, 1.82) is 0 Å². The Morgan fingerprint density at radius 2 is 0.495 bits per heavy atom. The summed E-state index contributed by atoms with van der Waals surface area (Å²) in [5.41, 5.74) is 0. The van der Waals surface area contributed by atoms with Crippen LogP contribution in [-0.4, -0.2) is 96.7 Å². The highest BCUT2D eigenvalue weighted by atomic mass is 31.2. The number of rotatable bonds is 83. The predicted molar refractivity (Wildman–Crippen MR) is 423 cm³/mol. The second-order valence-corrected chi connectivity index (χ2v) is 33.8. The summed E-state index contributed by atoms with van der Waals surface area (Å²) in [6, 6.07) is 0. The third-order valence-electron chi connectivity index (χ3n) is 20.1. The highest BCUT2D eigenvalue weighted by Crippen LogP contribution is 2.45. The first kappa shape index (κ1) is 101. The minimum Gasteiger partial charge on any atom is -0.462 e. The Labute approximate surface area is 632 Å². The van der Waals surface area contributed by atoms with Gasteiger partial charge in [-0.1, -0.05) is 395 Å². The normalized spacial score (nSPS) is 14.1. The molecule has 0 aromatic rings. The van der Waals surface area contributed by atoms with Crippen molar-refractivity contribution in [2.24, 2.45) is 11.8 Å². The van der Waals surface area contributed by atoms with Crippen LogP contribution in [0.1, 0.15) is 446 Å². The summed E-state index contributed by atoms with van der Waals surface area (Å²) in [6.07, 6.45) is 66.5. The first-order chi connectivity index (χ1) is 49.9. The van der Waals surface area contributed by atoms with Crippen LogP contribution in [0, 0.1) is 11.8 Å². The van der Waals surface area contributed by atoms with Gasteiger partial charge in [-0.3, -0.25) is 37.3 Å². The molecule has 612 valence electrons. The van der Waals surface area contributed by atoms with Crippen molar-refractivity contribution in [3.05, 3.63) is 0 Å². The Kier molecular flexibility index (Phi) is 74.1. The number of carbonyl (C=O) groups is 4. The summed E-state index contributed by atoms with van der Waals surface area (Å²) in [4.78, 5) is 73.2. The highest BCUT2D eigenvalue weighted by molar-refractivity contribution is 7.47. The van der Waals surface area contributed by atoms with E-state index in [4.69, 9.17) is 37.0 Å². The van der Waals surface area contributed by atoms with Gasteiger partial charge < -0.3 is 33.8 Å². The lowest BCUT2D eigenvalue weighted by Gasteiger charge is -2.21. The summed E-state index contributed by atoms with van der Waals surface area (Å²) >= 11 is 0. The maximum atomic E-state index is 13.1. The van der Waals surface area contributed by atoms with Crippen LogP contribution in [0.4, 0.5) is 0 Å². The number of unbranched alkanes of at least 4 members (excludes halogenated alkanes) is 52. The van der Waals surface area contributed by atoms with Crippen LogP contribution >= 0.6 is 15.6 Å². The van der Waals surface area contributed by atoms with Crippen molar-refractivity contribution in [2.45, 2.75) is 464 Å². The number of hydrogen-bond acceptors (Lipinski definition) is 15. The van der Waals surface area contributed by atoms with E-state index in [1.54, 1.807) is 0 Å². The lowest BCUT2D eigenvalue weighted by molar-refractivity contribution is -0.161. The number of phosphoric acid groups is 2. The van der Waals surface area contributed by atoms with E-state index in [-0.39, 0.29) is 25.7 Å². The van der Waals surface area contributed by atoms with E-state index in [1.165, 1.54) is 263 Å². The van der Waals surface area contributed by atoms with Crippen molar-refractivity contribution < 1.29 is 80.2 Å². The zero-order valence-electron chi connectivity index (χ0n) is 67.6. The summed E-state index contributed by atoms with van der Waals surface area (Å²) in [5, 5.41) is 10.7. The molecular formula is C84H164O17P2. The first-order valence-corrected chi connectivity index (χ1v) is 46.5. The van der Waals surface area contributed by atoms with Gasteiger partial charge in [-0.15, -0.1) is 0 Å². The van der Waals surface area contributed by atoms with Gasteiger partial charge in [0.2, 0.25) is 0 Å². The van der Waals surface area contributed by atoms with Gasteiger partial charge in [-0.2, -0.15) is 0 Å². The molecule has 0 bridgehead atoms. The minimum absolute atomic E-state index is 0.108. The molecule has 0 radical (unpaired) electrons. The van der Waals surface area contributed by atoms with Gasteiger partial charge in [-0.05, 0) is 37.5 Å². The van der Waals surface area contributed by atoms with E-state index < -0.39 is 97.5 Å². The fourth-order valence-electron chi connectivity index (χ4n) is 13.0. The second kappa shape index (κ2) is 75.5. The molecule has 0 aliphatic rings. The van der Waals surface area contributed by atoms with Gasteiger partial charge in [-0.25, -0.2) is 9.13 Å². The lowest BCUT2D eigenvalue weighted by atomic mass is 9.99. The zero-order valence-corrected chi connectivity index (χ0v) is 69.4. The van der Waals surface area contributed by atoms with E-state index in [1.807, 2.05) is 0 Å². The Hall–Kier alpha value is -1.94. The Bertz CT molecular complexity index is 1980. The van der Waals surface area contributed by atoms with Crippen LogP contribution in [-0.2, 0) is 65.4 Å². The average molecular weight is 1510 g/mol. The molecule has 3 N–H and O–H groups in total. The third kappa shape index (κ3) is 76.6. The summed E-state index contributed by atoms with van der Waals surface area (Å²) in [6.45, 7) is 9.72. The molecule has 103 heavy (non-hydrogen) atoms. The largest absolute Gasteiger partial charge is 0.472 e. The molecule has 0 saturated heterocycles.